The lowest BCUT2D eigenvalue weighted by molar-refractivity contribution is -0.510. The number of hydrogen-bond donors (Lipinski definition) is 2. The summed E-state index contributed by atoms with van der Waals surface area (Å²) < 4.78 is 7.08. The number of fused-ring (bicyclic) bond motifs is 1. The van der Waals surface area contributed by atoms with E-state index in [9.17, 15) is 10.4 Å². The number of hydrogen-bond acceptors (Lipinski definition) is 5. The van der Waals surface area contributed by atoms with Crippen molar-refractivity contribution in [2.45, 2.75) is 31.6 Å². The third kappa shape index (κ3) is 2.61. The Bertz CT molecular complexity index is 715. The maximum absolute atomic E-state index is 10.7. The number of aliphatic hydroxyl groups is 1. The van der Waals surface area contributed by atoms with Gasteiger partial charge in [-0.1, -0.05) is 11.8 Å². The molecule has 6 nitrogen and oxygen atoms in total. The first-order chi connectivity index (χ1) is 10.4. The monoisotopic (exact) mass is 317 g/mol. The van der Waals surface area contributed by atoms with Gasteiger partial charge in [0.05, 0.1) is 11.6 Å². The number of nitriles is 2. The Hall–Kier alpha value is -2.22. The highest BCUT2D eigenvalue weighted by molar-refractivity contribution is 8.12. The van der Waals surface area contributed by atoms with Gasteiger partial charge in [0.25, 0.3) is 5.17 Å². The fourth-order valence-electron chi connectivity index (χ4n) is 2.46. The second kappa shape index (κ2) is 5.88. The lowest BCUT2D eigenvalue weighted by Gasteiger charge is -2.41. The van der Waals surface area contributed by atoms with Gasteiger partial charge in [-0.15, -0.1) is 0 Å². The Labute approximate surface area is 133 Å². The minimum absolute atomic E-state index is 0.276. The Balaban J connectivity index is 2.72. The van der Waals surface area contributed by atoms with Crippen LogP contribution in [0, 0.1) is 22.8 Å². The molecule has 0 amide bonds. The predicted molar refractivity (Wildman–Crippen MR) is 83.2 cm³/mol. The van der Waals surface area contributed by atoms with E-state index < -0.39 is 17.7 Å². The number of nitrogens with zero attached hydrogens (tertiary/aromatic N) is 3. The van der Waals surface area contributed by atoms with Crippen LogP contribution in [0.5, 0.6) is 5.75 Å². The molecule has 0 radical (unpaired) electrons. The molecule has 1 heterocycles. The molecule has 0 spiro atoms. The molecule has 3 N–H and O–H groups in total. The number of ether oxygens (including phenoxy) is 1. The van der Waals surface area contributed by atoms with Crippen molar-refractivity contribution in [3.63, 3.8) is 0 Å². The third-order valence-corrected chi connectivity index (χ3v) is 4.29. The second-order valence-electron chi connectivity index (χ2n) is 5.47. The number of benzene rings is 1. The van der Waals surface area contributed by atoms with Crippen LogP contribution in [-0.4, -0.2) is 32.8 Å². The highest BCUT2D eigenvalue weighted by Crippen LogP contribution is 2.42. The van der Waals surface area contributed by atoms with Crippen LogP contribution in [0.1, 0.15) is 31.0 Å². The number of aliphatic hydroxyl groups excluding tert-OH is 1. The fourth-order valence-corrected chi connectivity index (χ4v) is 2.81. The van der Waals surface area contributed by atoms with Gasteiger partial charge in [-0.25, -0.2) is 0 Å². The standard InChI is InChI=1S/C15H16N4O2S/c1-15(2)13(20)12(19(8-17)14(18)22-3)10-6-9(7-16)4-5-11(10)21-15/h4-6,12-13,18,20H,1-3H3/p+1/t12-,13+/m1/s1. The molecule has 1 aliphatic heterocycles. The van der Waals surface area contributed by atoms with Gasteiger partial charge in [0.1, 0.15) is 17.5 Å². The highest BCUT2D eigenvalue weighted by Gasteiger charge is 2.47. The average molecular weight is 317 g/mol. The van der Waals surface area contributed by atoms with E-state index >= 15 is 0 Å². The van der Waals surface area contributed by atoms with Crippen molar-refractivity contribution in [2.75, 3.05) is 6.26 Å². The van der Waals surface area contributed by atoms with E-state index in [0.29, 0.717) is 16.9 Å². The van der Waals surface area contributed by atoms with E-state index in [1.807, 2.05) is 6.19 Å². The van der Waals surface area contributed by atoms with Crippen molar-refractivity contribution >= 4 is 16.9 Å². The molecule has 2 rings (SSSR count). The van der Waals surface area contributed by atoms with Gasteiger partial charge in [0.2, 0.25) is 0 Å². The maximum Gasteiger partial charge on any atom is 0.371 e. The van der Waals surface area contributed by atoms with Crippen molar-refractivity contribution in [1.82, 2.24) is 0 Å². The van der Waals surface area contributed by atoms with Gasteiger partial charge >= 0.3 is 6.19 Å². The molecular formula is C15H17N4O2S+. The summed E-state index contributed by atoms with van der Waals surface area (Å²) in [5.41, 5.74) is 6.02. The maximum atomic E-state index is 10.7. The first-order valence-corrected chi connectivity index (χ1v) is 7.84. The number of nitrogens with two attached hydrogens (primary N) is 1. The molecule has 22 heavy (non-hydrogen) atoms. The SMILES string of the molecule is CSC(N)=[N+](C#N)[C@@H]1c2cc(C#N)ccc2OC(C)(C)[C@H]1O. The largest absolute Gasteiger partial charge is 0.485 e. The zero-order chi connectivity index (χ0) is 16.5. The molecule has 1 aromatic carbocycles. The van der Waals surface area contributed by atoms with Crippen LogP contribution in [0.25, 0.3) is 0 Å². The van der Waals surface area contributed by atoms with E-state index in [1.54, 1.807) is 38.3 Å². The molecule has 0 unspecified atom stereocenters. The summed E-state index contributed by atoms with van der Waals surface area (Å²) in [5, 5.41) is 29.5. The Morgan fingerprint density at radius 2 is 2.14 bits per heavy atom. The van der Waals surface area contributed by atoms with E-state index in [-0.39, 0.29) is 5.17 Å². The Kier molecular flexibility index (Phi) is 4.32. The normalized spacial score (nSPS) is 23.4. The number of thioether (sulfide) groups is 1. The Morgan fingerprint density at radius 3 is 2.68 bits per heavy atom. The molecule has 1 aromatic rings. The van der Waals surface area contributed by atoms with Crippen LogP contribution in [0.3, 0.4) is 0 Å². The molecule has 7 heteroatoms. The summed E-state index contributed by atoms with van der Waals surface area (Å²) >= 11 is 1.22. The van der Waals surface area contributed by atoms with Gasteiger partial charge in [-0.3, -0.25) is 0 Å². The summed E-state index contributed by atoms with van der Waals surface area (Å²) in [6, 6.07) is 6.29. The molecule has 0 saturated heterocycles. The van der Waals surface area contributed by atoms with Crippen LogP contribution in [-0.2, 0) is 0 Å². The van der Waals surface area contributed by atoms with E-state index in [2.05, 4.69) is 6.07 Å². The van der Waals surface area contributed by atoms with Gasteiger partial charge in [0.15, 0.2) is 6.04 Å². The van der Waals surface area contributed by atoms with Crippen LogP contribution < -0.4 is 10.5 Å². The average Bonchev–Trinajstić information content (AvgIpc) is 2.50. The summed E-state index contributed by atoms with van der Waals surface area (Å²) in [6.45, 7) is 3.49. The van der Waals surface area contributed by atoms with Gasteiger partial charge in [-0.05, 0) is 38.3 Å². The van der Waals surface area contributed by atoms with Gasteiger partial charge in [-0.2, -0.15) is 9.84 Å². The molecule has 0 fully saturated rings. The lowest BCUT2D eigenvalue weighted by Crippen LogP contribution is -2.52. The minimum Gasteiger partial charge on any atom is -0.485 e. The number of rotatable bonds is 1. The van der Waals surface area contributed by atoms with E-state index in [4.69, 9.17) is 15.7 Å². The molecule has 114 valence electrons. The van der Waals surface area contributed by atoms with Crippen LogP contribution >= 0.6 is 11.8 Å². The van der Waals surface area contributed by atoms with Crippen molar-refractivity contribution in [3.8, 4) is 18.0 Å². The van der Waals surface area contributed by atoms with Crippen molar-refractivity contribution < 1.29 is 14.4 Å². The molecule has 0 aliphatic carbocycles. The minimum atomic E-state index is -0.987. The van der Waals surface area contributed by atoms with Crippen molar-refractivity contribution in [1.29, 1.82) is 10.5 Å². The zero-order valence-corrected chi connectivity index (χ0v) is 13.4. The van der Waals surface area contributed by atoms with Crippen LogP contribution in [0.15, 0.2) is 18.2 Å². The zero-order valence-electron chi connectivity index (χ0n) is 12.6. The van der Waals surface area contributed by atoms with E-state index in [0.717, 1.165) is 0 Å². The topological polar surface area (TPSA) is 106 Å². The van der Waals surface area contributed by atoms with Crippen molar-refractivity contribution in [3.05, 3.63) is 29.3 Å². The first-order valence-electron chi connectivity index (χ1n) is 6.62. The molecule has 0 aromatic heterocycles. The fraction of sp³-hybridized carbons (Fsp3) is 0.400. The summed E-state index contributed by atoms with van der Waals surface area (Å²) in [6.07, 6.45) is 2.79. The second-order valence-corrected chi connectivity index (χ2v) is 6.30. The number of amidine groups is 1. The van der Waals surface area contributed by atoms with Gasteiger partial charge in [0, 0.05) is 10.8 Å². The van der Waals surface area contributed by atoms with Crippen LogP contribution in [0.2, 0.25) is 0 Å². The predicted octanol–water partition coefficient (Wildman–Crippen LogP) is 1.30. The van der Waals surface area contributed by atoms with Crippen molar-refractivity contribution in [2.24, 2.45) is 5.73 Å². The molecule has 0 saturated carbocycles. The first kappa shape index (κ1) is 16.2. The third-order valence-electron chi connectivity index (χ3n) is 3.67. The lowest BCUT2D eigenvalue weighted by atomic mass is 9.85. The quantitative estimate of drug-likeness (QED) is 0.266. The van der Waals surface area contributed by atoms with E-state index in [1.165, 1.54) is 16.3 Å². The molecule has 1 aliphatic rings. The summed E-state index contributed by atoms with van der Waals surface area (Å²) in [4.78, 5) is 0. The molecule has 0 bridgehead atoms. The summed E-state index contributed by atoms with van der Waals surface area (Å²) in [7, 11) is 0. The Morgan fingerprint density at radius 1 is 1.45 bits per heavy atom. The highest BCUT2D eigenvalue weighted by atomic mass is 32.2. The smallest absolute Gasteiger partial charge is 0.371 e. The summed E-state index contributed by atoms with van der Waals surface area (Å²) in [5.74, 6) is 0.536. The van der Waals surface area contributed by atoms with Gasteiger partial charge < -0.3 is 15.6 Å². The molecule has 2 atom stereocenters. The molecular weight excluding hydrogens is 300 g/mol. The van der Waals surface area contributed by atoms with Crippen LogP contribution in [0.4, 0.5) is 0 Å².